The van der Waals surface area contributed by atoms with Crippen molar-refractivity contribution >= 4 is 0 Å². The van der Waals surface area contributed by atoms with Crippen LogP contribution < -0.4 is 0 Å². The summed E-state index contributed by atoms with van der Waals surface area (Å²) in [6.07, 6.45) is 6.01. The fourth-order valence-corrected chi connectivity index (χ4v) is 2.51. The molecule has 2 aliphatic rings. The van der Waals surface area contributed by atoms with Crippen LogP contribution in [0, 0.1) is 10.8 Å². The summed E-state index contributed by atoms with van der Waals surface area (Å²) >= 11 is 0. The molecule has 0 heterocycles. The van der Waals surface area contributed by atoms with Crippen LogP contribution in [-0.2, 0) is 0 Å². The molecule has 0 aromatic rings. The molecule has 0 bridgehead atoms. The lowest BCUT2D eigenvalue weighted by molar-refractivity contribution is 0.190. The average Bonchev–Trinajstić information content (AvgIpc) is 2.15. The topological polar surface area (TPSA) is 0 Å². The summed E-state index contributed by atoms with van der Waals surface area (Å²) in [5, 5.41) is 0. The molecule has 0 N–H and O–H groups in total. The minimum absolute atomic E-state index is 0. The SMILES string of the molecule is C.C.CCC12CCC1(C)C2. The summed E-state index contributed by atoms with van der Waals surface area (Å²) in [5.41, 5.74) is 1.70. The Morgan fingerprint density at radius 3 is 1.80 bits per heavy atom. The summed E-state index contributed by atoms with van der Waals surface area (Å²) in [6.45, 7) is 4.78. The predicted molar refractivity (Wildman–Crippen MR) is 48.1 cm³/mol. The van der Waals surface area contributed by atoms with Crippen molar-refractivity contribution in [3.63, 3.8) is 0 Å². The van der Waals surface area contributed by atoms with Crippen LogP contribution in [0.1, 0.15) is 54.4 Å². The van der Waals surface area contributed by atoms with E-state index in [0.717, 1.165) is 10.8 Å². The first kappa shape index (κ1) is 10.0. The van der Waals surface area contributed by atoms with Gasteiger partial charge in [0.2, 0.25) is 0 Å². The smallest absolute Gasteiger partial charge is 0.0240 e. The Balaban J connectivity index is 0.000000405. The normalized spacial score (nSPS) is 47.4. The lowest BCUT2D eigenvalue weighted by Crippen LogP contribution is -2.21. The molecule has 10 heavy (non-hydrogen) atoms. The van der Waals surface area contributed by atoms with Gasteiger partial charge in [0, 0.05) is 0 Å². The zero-order valence-corrected chi connectivity index (χ0v) is 5.83. The zero-order chi connectivity index (χ0) is 5.83. The van der Waals surface area contributed by atoms with Crippen LogP contribution in [0.25, 0.3) is 0 Å². The van der Waals surface area contributed by atoms with E-state index in [2.05, 4.69) is 13.8 Å². The van der Waals surface area contributed by atoms with Crippen molar-refractivity contribution in [1.29, 1.82) is 0 Å². The van der Waals surface area contributed by atoms with Crippen LogP contribution in [0.5, 0.6) is 0 Å². The summed E-state index contributed by atoms with van der Waals surface area (Å²) in [7, 11) is 0. The second-order valence-corrected chi connectivity index (χ2v) is 3.87. The highest BCUT2D eigenvalue weighted by Crippen LogP contribution is 2.78. The van der Waals surface area contributed by atoms with Gasteiger partial charge in [0.1, 0.15) is 0 Å². The van der Waals surface area contributed by atoms with Gasteiger partial charge in [0.25, 0.3) is 0 Å². The lowest BCUT2D eigenvalue weighted by atomic mass is 9.74. The Morgan fingerprint density at radius 2 is 1.80 bits per heavy atom. The minimum Gasteiger partial charge on any atom is -0.0776 e. The number of hydrogen-bond donors (Lipinski definition) is 0. The molecule has 0 radical (unpaired) electrons. The van der Waals surface area contributed by atoms with E-state index in [9.17, 15) is 0 Å². The quantitative estimate of drug-likeness (QED) is 0.521. The van der Waals surface area contributed by atoms with E-state index in [0.29, 0.717) is 0 Å². The van der Waals surface area contributed by atoms with Crippen molar-refractivity contribution < 1.29 is 0 Å². The standard InChI is InChI=1S/C8H14.2CH4/c1-3-8-5-4-7(8,2)6-8;;/h3-6H2,1-2H3;2*1H4. The van der Waals surface area contributed by atoms with E-state index in [-0.39, 0.29) is 14.9 Å². The molecule has 0 spiro atoms. The second-order valence-electron chi connectivity index (χ2n) is 3.87. The van der Waals surface area contributed by atoms with Gasteiger partial charge in [-0.1, -0.05) is 28.7 Å². The van der Waals surface area contributed by atoms with Crippen molar-refractivity contribution in [3.05, 3.63) is 0 Å². The third kappa shape index (κ3) is 0.741. The average molecular weight is 142 g/mol. The van der Waals surface area contributed by atoms with Crippen molar-refractivity contribution in [2.45, 2.75) is 54.4 Å². The molecule has 2 rings (SSSR count). The number of fused-ring (bicyclic) bond motifs is 1. The third-order valence-electron chi connectivity index (χ3n) is 3.72. The lowest BCUT2D eigenvalue weighted by Gasteiger charge is -2.31. The highest BCUT2D eigenvalue weighted by atomic mass is 14.7. The van der Waals surface area contributed by atoms with Gasteiger partial charge >= 0.3 is 0 Å². The van der Waals surface area contributed by atoms with Gasteiger partial charge in [0.05, 0.1) is 0 Å². The minimum atomic E-state index is 0. The molecular weight excluding hydrogens is 120 g/mol. The molecule has 0 heteroatoms. The Morgan fingerprint density at radius 1 is 1.20 bits per heavy atom. The highest BCUT2D eigenvalue weighted by molar-refractivity contribution is 5.18. The van der Waals surface area contributed by atoms with Crippen molar-refractivity contribution in [1.82, 2.24) is 0 Å². The molecular formula is C10H22. The maximum absolute atomic E-state index is 2.44. The van der Waals surface area contributed by atoms with Gasteiger partial charge in [-0.15, -0.1) is 0 Å². The molecule has 2 aliphatic carbocycles. The summed E-state index contributed by atoms with van der Waals surface area (Å²) in [5.74, 6) is 0. The molecule has 0 aromatic heterocycles. The first-order valence-electron chi connectivity index (χ1n) is 3.72. The van der Waals surface area contributed by atoms with Crippen LogP contribution >= 0.6 is 0 Å². The van der Waals surface area contributed by atoms with Crippen LogP contribution in [0.4, 0.5) is 0 Å². The van der Waals surface area contributed by atoms with Gasteiger partial charge < -0.3 is 0 Å². The first-order chi connectivity index (χ1) is 3.72. The third-order valence-corrected chi connectivity index (χ3v) is 3.72. The maximum atomic E-state index is 2.44. The zero-order valence-electron chi connectivity index (χ0n) is 5.83. The molecule has 0 nitrogen and oxygen atoms in total. The number of hydrogen-bond acceptors (Lipinski definition) is 0. The van der Waals surface area contributed by atoms with E-state index in [1.54, 1.807) is 0 Å². The highest BCUT2D eigenvalue weighted by Gasteiger charge is 2.68. The molecule has 2 unspecified atom stereocenters. The van der Waals surface area contributed by atoms with Crippen molar-refractivity contribution in [2.24, 2.45) is 10.8 Å². The second kappa shape index (κ2) is 2.25. The van der Waals surface area contributed by atoms with Gasteiger partial charge in [0.15, 0.2) is 0 Å². The Hall–Kier alpha value is 0. The number of rotatable bonds is 1. The van der Waals surface area contributed by atoms with E-state index < -0.39 is 0 Å². The molecule has 62 valence electrons. The van der Waals surface area contributed by atoms with Gasteiger partial charge in [-0.3, -0.25) is 0 Å². The van der Waals surface area contributed by atoms with Crippen LogP contribution in [0.3, 0.4) is 0 Å². The molecule has 2 fully saturated rings. The first-order valence-corrected chi connectivity index (χ1v) is 3.72. The van der Waals surface area contributed by atoms with E-state index in [4.69, 9.17) is 0 Å². The monoisotopic (exact) mass is 142 g/mol. The molecule has 2 saturated carbocycles. The molecule has 0 aliphatic heterocycles. The van der Waals surface area contributed by atoms with Crippen LogP contribution in [-0.4, -0.2) is 0 Å². The van der Waals surface area contributed by atoms with E-state index >= 15 is 0 Å². The Kier molecular flexibility index (Phi) is 2.25. The van der Waals surface area contributed by atoms with E-state index in [1.807, 2.05) is 0 Å². The van der Waals surface area contributed by atoms with Crippen molar-refractivity contribution in [3.8, 4) is 0 Å². The Bertz CT molecular complexity index is 124. The van der Waals surface area contributed by atoms with Gasteiger partial charge in [-0.25, -0.2) is 0 Å². The molecule has 0 aromatic carbocycles. The van der Waals surface area contributed by atoms with Gasteiger partial charge in [-0.2, -0.15) is 0 Å². The van der Waals surface area contributed by atoms with Crippen molar-refractivity contribution in [2.75, 3.05) is 0 Å². The molecule has 2 atom stereocenters. The summed E-state index contributed by atoms with van der Waals surface area (Å²) in [4.78, 5) is 0. The fourth-order valence-electron chi connectivity index (χ4n) is 2.51. The van der Waals surface area contributed by atoms with E-state index in [1.165, 1.54) is 25.7 Å². The Labute approximate surface area is 66.0 Å². The summed E-state index contributed by atoms with van der Waals surface area (Å²) < 4.78 is 0. The molecule has 0 amide bonds. The van der Waals surface area contributed by atoms with Crippen LogP contribution in [0.15, 0.2) is 0 Å². The summed E-state index contributed by atoms with van der Waals surface area (Å²) in [6, 6.07) is 0. The van der Waals surface area contributed by atoms with Crippen LogP contribution in [0.2, 0.25) is 0 Å². The van der Waals surface area contributed by atoms with Gasteiger partial charge in [-0.05, 0) is 36.5 Å². The predicted octanol–water partition coefficient (Wildman–Crippen LogP) is 3.86. The molecule has 0 saturated heterocycles. The fraction of sp³-hybridized carbons (Fsp3) is 1.00. The maximum Gasteiger partial charge on any atom is -0.0240 e. The largest absolute Gasteiger partial charge is 0.0776 e.